The van der Waals surface area contributed by atoms with Crippen LogP contribution in [0.15, 0.2) is 72.8 Å². The van der Waals surface area contributed by atoms with E-state index in [1.54, 1.807) is 60.7 Å². The SMILES string of the molecule is CP(c1ccc(N)cc1)c1nc(Oc2ccc(N)cc2)c(F)c(Oc2ccc(N)cc2)c1F. The summed E-state index contributed by atoms with van der Waals surface area (Å²) in [7, 11) is -1.32. The quantitative estimate of drug-likeness (QED) is 0.279. The molecule has 1 unspecified atom stereocenters. The van der Waals surface area contributed by atoms with Crippen LogP contribution < -0.4 is 37.4 Å². The standard InChI is InChI=1S/C24H21F2N4O2P/c1-33(19-12-6-16(29)7-13-19)24-21(26)22(31-17-8-2-14(27)3-9-17)20(25)23(30-24)32-18-10-4-15(28)5-11-18/h2-13H,27-29H2,1H3. The molecule has 6 N–H and O–H groups in total. The van der Waals surface area contributed by atoms with E-state index in [-0.39, 0.29) is 11.2 Å². The lowest BCUT2D eigenvalue weighted by atomic mass is 10.3. The molecule has 1 aromatic heterocycles. The number of benzene rings is 3. The second-order valence-corrected chi connectivity index (χ2v) is 9.25. The third-order valence-corrected chi connectivity index (χ3v) is 6.79. The van der Waals surface area contributed by atoms with Crippen LogP contribution in [0.4, 0.5) is 25.8 Å². The predicted molar refractivity (Wildman–Crippen MR) is 129 cm³/mol. The number of rotatable bonds is 6. The molecule has 4 aromatic rings. The summed E-state index contributed by atoms with van der Waals surface area (Å²) in [6, 6.07) is 19.5. The number of halogens is 2. The van der Waals surface area contributed by atoms with Gasteiger partial charge in [0.05, 0.1) is 0 Å². The van der Waals surface area contributed by atoms with Crippen molar-refractivity contribution in [2.75, 3.05) is 23.9 Å². The van der Waals surface area contributed by atoms with Gasteiger partial charge in [0.2, 0.25) is 11.6 Å². The molecule has 33 heavy (non-hydrogen) atoms. The van der Waals surface area contributed by atoms with Gasteiger partial charge in [0.1, 0.15) is 16.9 Å². The molecule has 0 aliphatic heterocycles. The van der Waals surface area contributed by atoms with Gasteiger partial charge in [-0.15, -0.1) is 0 Å². The Bertz CT molecular complexity index is 1270. The lowest BCUT2D eigenvalue weighted by Gasteiger charge is -2.18. The highest BCUT2D eigenvalue weighted by Gasteiger charge is 2.27. The molecule has 0 aliphatic carbocycles. The van der Waals surface area contributed by atoms with Gasteiger partial charge in [-0.3, -0.25) is 0 Å². The number of hydrogen-bond donors (Lipinski definition) is 3. The van der Waals surface area contributed by atoms with Crippen molar-refractivity contribution in [2.24, 2.45) is 0 Å². The summed E-state index contributed by atoms with van der Waals surface area (Å²) in [5, 5.41) is 0.800. The Labute approximate surface area is 190 Å². The number of ether oxygens (including phenoxy) is 2. The summed E-state index contributed by atoms with van der Waals surface area (Å²) < 4.78 is 42.1. The molecule has 0 aliphatic rings. The Morgan fingerprint density at radius 2 is 1.12 bits per heavy atom. The van der Waals surface area contributed by atoms with Crippen LogP contribution in [0, 0.1) is 11.6 Å². The normalized spacial score (nSPS) is 11.7. The summed E-state index contributed by atoms with van der Waals surface area (Å²) in [4.78, 5) is 4.20. The Morgan fingerprint density at radius 3 is 1.64 bits per heavy atom. The van der Waals surface area contributed by atoms with E-state index in [0.29, 0.717) is 22.8 Å². The van der Waals surface area contributed by atoms with Crippen molar-refractivity contribution in [1.82, 2.24) is 4.98 Å². The lowest BCUT2D eigenvalue weighted by molar-refractivity contribution is 0.371. The Morgan fingerprint density at radius 1 is 0.667 bits per heavy atom. The van der Waals surface area contributed by atoms with Crippen molar-refractivity contribution < 1.29 is 18.3 Å². The van der Waals surface area contributed by atoms with E-state index in [4.69, 9.17) is 26.7 Å². The molecule has 0 amide bonds. The zero-order valence-corrected chi connectivity index (χ0v) is 18.5. The molecule has 0 bridgehead atoms. The first kappa shape index (κ1) is 22.3. The monoisotopic (exact) mass is 466 g/mol. The minimum absolute atomic E-state index is 0.0204. The maximum atomic E-state index is 15.6. The second-order valence-electron chi connectivity index (χ2n) is 7.19. The molecule has 168 valence electrons. The van der Waals surface area contributed by atoms with Crippen molar-refractivity contribution in [2.45, 2.75) is 0 Å². The molecule has 6 nitrogen and oxygen atoms in total. The molecular weight excluding hydrogens is 445 g/mol. The van der Waals surface area contributed by atoms with E-state index in [1.807, 2.05) is 6.66 Å². The highest BCUT2D eigenvalue weighted by molar-refractivity contribution is 7.72. The number of nitrogen functional groups attached to an aromatic ring is 3. The molecule has 4 rings (SSSR count). The summed E-state index contributed by atoms with van der Waals surface area (Å²) in [5.74, 6) is -2.48. The van der Waals surface area contributed by atoms with Gasteiger partial charge >= 0.3 is 0 Å². The molecule has 9 heteroatoms. The van der Waals surface area contributed by atoms with Crippen molar-refractivity contribution in [3.63, 3.8) is 0 Å². The maximum absolute atomic E-state index is 15.6. The smallest absolute Gasteiger partial charge is 0.260 e. The Hall–Kier alpha value is -3.90. The first-order valence-corrected chi connectivity index (χ1v) is 11.7. The van der Waals surface area contributed by atoms with Gasteiger partial charge in [-0.05, 0) is 80.6 Å². The number of anilines is 3. The fourth-order valence-electron chi connectivity index (χ4n) is 2.99. The van der Waals surface area contributed by atoms with Crippen LogP contribution in [0.25, 0.3) is 0 Å². The van der Waals surface area contributed by atoms with Crippen LogP contribution in [0.5, 0.6) is 23.1 Å². The highest BCUT2D eigenvalue weighted by Crippen LogP contribution is 2.38. The van der Waals surface area contributed by atoms with Gasteiger partial charge in [-0.2, -0.15) is 4.39 Å². The first-order valence-electron chi connectivity index (χ1n) is 9.87. The fraction of sp³-hybridized carbons (Fsp3) is 0.0417. The largest absolute Gasteiger partial charge is 0.451 e. The molecule has 0 saturated carbocycles. The highest BCUT2D eigenvalue weighted by atomic mass is 31.1. The van der Waals surface area contributed by atoms with Gasteiger partial charge in [0.15, 0.2) is 5.82 Å². The van der Waals surface area contributed by atoms with E-state index in [0.717, 1.165) is 5.30 Å². The molecule has 3 aromatic carbocycles. The van der Waals surface area contributed by atoms with E-state index in [9.17, 15) is 0 Å². The maximum Gasteiger partial charge on any atom is 0.260 e. The van der Waals surface area contributed by atoms with E-state index >= 15 is 8.78 Å². The second kappa shape index (κ2) is 9.30. The number of nitrogens with two attached hydrogens (primary N) is 3. The van der Waals surface area contributed by atoms with Crippen LogP contribution in [0.3, 0.4) is 0 Å². The van der Waals surface area contributed by atoms with Crippen LogP contribution in [-0.2, 0) is 0 Å². The van der Waals surface area contributed by atoms with Crippen LogP contribution in [0.2, 0.25) is 0 Å². The summed E-state index contributed by atoms with van der Waals surface area (Å²) >= 11 is 0. The number of hydrogen-bond acceptors (Lipinski definition) is 6. The molecular formula is C24H21F2N4O2P. The number of nitrogens with zero attached hydrogens (tertiary/aromatic N) is 1. The van der Waals surface area contributed by atoms with Crippen molar-refractivity contribution >= 4 is 35.7 Å². The average molecular weight is 466 g/mol. The summed E-state index contributed by atoms with van der Waals surface area (Å²) in [6.45, 7) is 1.81. The lowest BCUT2D eigenvalue weighted by Crippen LogP contribution is -2.20. The molecule has 1 heterocycles. The third kappa shape index (κ3) is 4.96. The zero-order valence-electron chi connectivity index (χ0n) is 17.6. The third-order valence-electron chi connectivity index (χ3n) is 4.78. The predicted octanol–water partition coefficient (Wildman–Crippen LogP) is 4.75. The van der Waals surface area contributed by atoms with Crippen LogP contribution >= 0.6 is 7.92 Å². The van der Waals surface area contributed by atoms with Crippen molar-refractivity contribution in [3.8, 4) is 23.1 Å². The molecule has 1 atom stereocenters. The minimum Gasteiger partial charge on any atom is -0.451 e. The summed E-state index contributed by atoms with van der Waals surface area (Å²) in [5.41, 5.74) is 18.8. The zero-order chi connectivity index (χ0) is 23.5. The van der Waals surface area contributed by atoms with Gasteiger partial charge in [0.25, 0.3) is 5.88 Å². The molecule has 0 saturated heterocycles. The minimum atomic E-state index is -1.32. The first-order chi connectivity index (χ1) is 15.8. The van der Waals surface area contributed by atoms with E-state index in [2.05, 4.69) is 4.98 Å². The van der Waals surface area contributed by atoms with Gasteiger partial charge < -0.3 is 26.7 Å². The van der Waals surface area contributed by atoms with E-state index in [1.165, 1.54) is 12.1 Å². The topological polar surface area (TPSA) is 109 Å². The van der Waals surface area contributed by atoms with Gasteiger partial charge in [-0.1, -0.05) is 12.1 Å². The molecule has 0 spiro atoms. The van der Waals surface area contributed by atoms with Crippen LogP contribution in [-0.4, -0.2) is 11.6 Å². The molecule has 0 radical (unpaired) electrons. The van der Waals surface area contributed by atoms with Gasteiger partial charge in [0, 0.05) is 17.1 Å². The number of aromatic nitrogens is 1. The van der Waals surface area contributed by atoms with Crippen molar-refractivity contribution in [1.29, 1.82) is 0 Å². The average Bonchev–Trinajstić information content (AvgIpc) is 2.81. The molecule has 0 fully saturated rings. The van der Waals surface area contributed by atoms with E-state index < -0.39 is 31.2 Å². The van der Waals surface area contributed by atoms with Crippen molar-refractivity contribution in [3.05, 3.63) is 84.4 Å². The summed E-state index contributed by atoms with van der Waals surface area (Å²) in [6.07, 6.45) is 0. The van der Waals surface area contributed by atoms with Gasteiger partial charge in [-0.25, -0.2) is 9.37 Å². The Balaban J connectivity index is 1.80. The fourth-order valence-corrected chi connectivity index (χ4v) is 4.47. The number of pyridine rings is 1. The Kier molecular flexibility index (Phi) is 6.29. The van der Waals surface area contributed by atoms with Crippen LogP contribution in [0.1, 0.15) is 0 Å².